The van der Waals surface area contributed by atoms with E-state index in [2.05, 4.69) is 27.5 Å². The van der Waals surface area contributed by atoms with Gasteiger partial charge in [0.25, 0.3) is 0 Å². The first-order valence-electron chi connectivity index (χ1n) is 6.78. The van der Waals surface area contributed by atoms with Crippen LogP contribution in [0.4, 0.5) is 19.0 Å². The fraction of sp³-hybridized carbons (Fsp3) is 0.692. The van der Waals surface area contributed by atoms with Crippen molar-refractivity contribution in [2.75, 3.05) is 32.0 Å². The third-order valence-electron chi connectivity index (χ3n) is 3.65. The lowest BCUT2D eigenvalue weighted by Crippen LogP contribution is -2.30. The Hall–Kier alpha value is -1.37. The van der Waals surface area contributed by atoms with E-state index in [0.29, 0.717) is 18.3 Å². The van der Waals surface area contributed by atoms with Gasteiger partial charge in [-0.05, 0) is 57.5 Å². The van der Waals surface area contributed by atoms with Crippen LogP contribution in [-0.4, -0.2) is 41.8 Å². The lowest BCUT2D eigenvalue weighted by molar-refractivity contribution is -0.141. The molecule has 4 nitrogen and oxygen atoms in total. The fourth-order valence-electron chi connectivity index (χ4n) is 2.33. The second-order valence-electron chi connectivity index (χ2n) is 5.26. The third-order valence-corrected chi connectivity index (χ3v) is 3.65. The molecule has 0 bridgehead atoms. The molecule has 1 aromatic heterocycles. The third kappa shape index (κ3) is 4.33. The predicted molar refractivity (Wildman–Crippen MR) is 70.4 cm³/mol. The van der Waals surface area contributed by atoms with Crippen molar-refractivity contribution < 1.29 is 13.2 Å². The molecule has 2 rings (SSSR count). The molecule has 1 aliphatic heterocycles. The zero-order valence-corrected chi connectivity index (χ0v) is 11.5. The summed E-state index contributed by atoms with van der Waals surface area (Å²) in [6.45, 7) is 2.95. The number of hydrogen-bond donors (Lipinski definition) is 1. The Balaban J connectivity index is 1.74. The van der Waals surface area contributed by atoms with Crippen LogP contribution in [0.3, 0.4) is 0 Å². The van der Waals surface area contributed by atoms with Crippen molar-refractivity contribution in [2.24, 2.45) is 5.92 Å². The van der Waals surface area contributed by atoms with Gasteiger partial charge in [0.05, 0.1) is 0 Å². The molecule has 0 radical (unpaired) electrons. The highest BCUT2D eigenvalue weighted by Gasteiger charge is 2.32. The second-order valence-corrected chi connectivity index (χ2v) is 5.26. The Morgan fingerprint density at radius 1 is 1.25 bits per heavy atom. The van der Waals surface area contributed by atoms with Gasteiger partial charge in [0, 0.05) is 6.54 Å². The summed E-state index contributed by atoms with van der Waals surface area (Å²) >= 11 is 0. The molecule has 0 atom stereocenters. The van der Waals surface area contributed by atoms with Crippen LogP contribution in [0.25, 0.3) is 0 Å². The highest BCUT2D eigenvalue weighted by molar-refractivity contribution is 5.33. The van der Waals surface area contributed by atoms with Crippen LogP contribution in [0.15, 0.2) is 12.1 Å². The number of piperidine rings is 1. The minimum Gasteiger partial charge on any atom is -0.369 e. The van der Waals surface area contributed by atoms with E-state index in [1.54, 1.807) is 0 Å². The van der Waals surface area contributed by atoms with E-state index in [-0.39, 0.29) is 0 Å². The first-order valence-corrected chi connectivity index (χ1v) is 6.78. The molecule has 0 saturated carbocycles. The summed E-state index contributed by atoms with van der Waals surface area (Å²) in [6.07, 6.45) is -1.07. The summed E-state index contributed by atoms with van der Waals surface area (Å²) < 4.78 is 37.0. The molecule has 1 aromatic rings. The van der Waals surface area contributed by atoms with Gasteiger partial charge in [-0.1, -0.05) is 0 Å². The molecule has 112 valence electrons. The summed E-state index contributed by atoms with van der Waals surface area (Å²) in [5.41, 5.74) is -0.960. The summed E-state index contributed by atoms with van der Waals surface area (Å²) in [7, 11) is 2.12. The normalized spacial score (nSPS) is 18.2. The van der Waals surface area contributed by atoms with Crippen LogP contribution in [0.2, 0.25) is 0 Å². The van der Waals surface area contributed by atoms with Crippen molar-refractivity contribution in [1.29, 1.82) is 0 Å². The number of halogens is 3. The molecule has 0 unspecified atom stereocenters. The second kappa shape index (κ2) is 6.39. The molecular formula is C13H19F3N4. The molecule has 1 fully saturated rings. The minimum atomic E-state index is -4.43. The topological polar surface area (TPSA) is 41.0 Å². The highest BCUT2D eigenvalue weighted by atomic mass is 19.4. The molecule has 1 saturated heterocycles. The van der Waals surface area contributed by atoms with E-state index in [9.17, 15) is 13.2 Å². The Morgan fingerprint density at radius 3 is 2.50 bits per heavy atom. The minimum absolute atomic E-state index is 0.394. The number of anilines is 1. The van der Waals surface area contributed by atoms with Gasteiger partial charge in [-0.25, -0.2) is 0 Å². The smallest absolute Gasteiger partial charge is 0.369 e. The van der Waals surface area contributed by atoms with Crippen LogP contribution in [0.1, 0.15) is 25.0 Å². The van der Waals surface area contributed by atoms with Crippen molar-refractivity contribution in [3.8, 4) is 0 Å². The van der Waals surface area contributed by atoms with Gasteiger partial charge < -0.3 is 10.2 Å². The molecular weight excluding hydrogens is 269 g/mol. The SMILES string of the molecule is CN1CCC(CCNc2ccc(C(F)(F)F)nn2)CC1. The number of alkyl halides is 3. The van der Waals surface area contributed by atoms with E-state index >= 15 is 0 Å². The number of rotatable bonds is 4. The number of nitrogens with zero attached hydrogens (tertiary/aromatic N) is 3. The number of likely N-dealkylation sites (tertiary alicyclic amines) is 1. The van der Waals surface area contributed by atoms with Crippen molar-refractivity contribution in [3.05, 3.63) is 17.8 Å². The summed E-state index contributed by atoms with van der Waals surface area (Å²) in [5.74, 6) is 1.08. The van der Waals surface area contributed by atoms with Crippen LogP contribution in [0.5, 0.6) is 0 Å². The van der Waals surface area contributed by atoms with E-state index in [0.717, 1.165) is 25.6 Å². The predicted octanol–water partition coefficient (Wildman–Crippen LogP) is 2.64. The monoisotopic (exact) mass is 288 g/mol. The molecule has 2 heterocycles. The van der Waals surface area contributed by atoms with Crippen molar-refractivity contribution in [2.45, 2.75) is 25.4 Å². The Kier molecular flexibility index (Phi) is 4.80. The van der Waals surface area contributed by atoms with E-state index in [1.165, 1.54) is 18.9 Å². The number of aromatic nitrogens is 2. The van der Waals surface area contributed by atoms with Gasteiger partial charge in [-0.15, -0.1) is 10.2 Å². The molecule has 0 spiro atoms. The zero-order chi connectivity index (χ0) is 14.6. The van der Waals surface area contributed by atoms with Gasteiger partial charge in [0.15, 0.2) is 5.69 Å². The van der Waals surface area contributed by atoms with Crippen LogP contribution in [-0.2, 0) is 6.18 Å². The van der Waals surface area contributed by atoms with Crippen molar-refractivity contribution >= 4 is 5.82 Å². The van der Waals surface area contributed by atoms with Gasteiger partial charge >= 0.3 is 6.18 Å². The average molecular weight is 288 g/mol. The standard InChI is InChI=1S/C13H19F3N4/c1-20-8-5-10(6-9-20)4-7-17-12-3-2-11(18-19-12)13(14,15)16/h2-3,10H,4-9H2,1H3,(H,17,19). The zero-order valence-electron chi connectivity index (χ0n) is 11.5. The molecule has 20 heavy (non-hydrogen) atoms. The van der Waals surface area contributed by atoms with Crippen LogP contribution in [0, 0.1) is 5.92 Å². The number of nitrogens with one attached hydrogen (secondary N) is 1. The van der Waals surface area contributed by atoms with Gasteiger partial charge in [-0.2, -0.15) is 13.2 Å². The average Bonchev–Trinajstić information content (AvgIpc) is 2.41. The molecule has 0 amide bonds. The fourth-order valence-corrected chi connectivity index (χ4v) is 2.33. The first kappa shape index (κ1) is 15.0. The number of hydrogen-bond acceptors (Lipinski definition) is 4. The Bertz CT molecular complexity index is 411. The van der Waals surface area contributed by atoms with Crippen molar-refractivity contribution in [1.82, 2.24) is 15.1 Å². The molecule has 1 N–H and O–H groups in total. The lowest BCUT2D eigenvalue weighted by Gasteiger charge is -2.28. The first-order chi connectivity index (χ1) is 9.45. The van der Waals surface area contributed by atoms with Gasteiger partial charge in [0.1, 0.15) is 5.82 Å². The maximum absolute atomic E-state index is 12.3. The van der Waals surface area contributed by atoms with E-state index in [1.807, 2.05) is 0 Å². The Labute approximate surface area is 116 Å². The molecule has 0 aliphatic carbocycles. The van der Waals surface area contributed by atoms with Crippen LogP contribution < -0.4 is 5.32 Å². The molecule has 7 heteroatoms. The molecule has 0 aromatic carbocycles. The highest BCUT2D eigenvalue weighted by Crippen LogP contribution is 2.27. The van der Waals surface area contributed by atoms with Gasteiger partial charge in [-0.3, -0.25) is 0 Å². The van der Waals surface area contributed by atoms with Gasteiger partial charge in [0.2, 0.25) is 0 Å². The van der Waals surface area contributed by atoms with E-state index < -0.39 is 11.9 Å². The van der Waals surface area contributed by atoms with Crippen LogP contribution >= 0.6 is 0 Å². The summed E-state index contributed by atoms with van der Waals surface area (Å²) in [5, 5.41) is 9.76. The maximum Gasteiger partial charge on any atom is 0.435 e. The lowest BCUT2D eigenvalue weighted by atomic mass is 9.94. The summed E-state index contributed by atoms with van der Waals surface area (Å²) in [6, 6.07) is 2.27. The molecule has 1 aliphatic rings. The Morgan fingerprint density at radius 2 is 1.95 bits per heavy atom. The van der Waals surface area contributed by atoms with E-state index in [4.69, 9.17) is 0 Å². The summed E-state index contributed by atoms with van der Waals surface area (Å²) in [4.78, 5) is 2.31. The largest absolute Gasteiger partial charge is 0.435 e. The maximum atomic E-state index is 12.3. The van der Waals surface area contributed by atoms with Crippen molar-refractivity contribution in [3.63, 3.8) is 0 Å². The quantitative estimate of drug-likeness (QED) is 0.924.